The highest BCUT2D eigenvalue weighted by atomic mass is 19.4. The van der Waals surface area contributed by atoms with Gasteiger partial charge in [-0.1, -0.05) is 0 Å². The molecule has 2 unspecified atom stereocenters. The Bertz CT molecular complexity index is 872. The number of benzene rings is 1. The first kappa shape index (κ1) is 24.8. The first-order valence-corrected chi connectivity index (χ1v) is 7.79. The van der Waals surface area contributed by atoms with Gasteiger partial charge in [-0.3, -0.25) is 4.74 Å². The molecule has 2 atom stereocenters. The van der Waals surface area contributed by atoms with Crippen molar-refractivity contribution in [2.45, 2.75) is 36.7 Å². The highest BCUT2D eigenvalue weighted by Gasteiger charge is 2.78. The summed E-state index contributed by atoms with van der Waals surface area (Å²) in [7, 11) is -0.259. The second-order valence-corrected chi connectivity index (χ2v) is 5.96. The van der Waals surface area contributed by atoms with Crippen LogP contribution in [0.15, 0.2) is 28.4 Å². The number of hydrogen-bond donors (Lipinski definition) is 0. The van der Waals surface area contributed by atoms with Crippen molar-refractivity contribution in [2.24, 2.45) is 10.2 Å². The van der Waals surface area contributed by atoms with Crippen molar-refractivity contribution in [1.82, 2.24) is 0 Å². The number of halogens is 10. The Morgan fingerprint density at radius 1 is 1.00 bits per heavy atom. The highest BCUT2D eigenvalue weighted by molar-refractivity contribution is 5.90. The molecule has 1 aliphatic rings. The molecule has 2 rings (SSSR count). The third-order valence-corrected chi connectivity index (χ3v) is 3.86. The number of ether oxygens (including phenoxy) is 3. The monoisotopic (exact) mass is 472 g/mol. The highest BCUT2D eigenvalue weighted by Crippen LogP contribution is 2.50. The van der Waals surface area contributed by atoms with Gasteiger partial charge in [-0.15, -0.1) is 0 Å². The summed E-state index contributed by atoms with van der Waals surface area (Å²) in [5, 5.41) is 7.21. The van der Waals surface area contributed by atoms with Crippen LogP contribution in [0.5, 0.6) is 0 Å². The van der Waals surface area contributed by atoms with Gasteiger partial charge >= 0.3 is 36.1 Å². The molecule has 31 heavy (non-hydrogen) atoms. The minimum Gasteiger partial charge on any atom is -0.456 e. The van der Waals surface area contributed by atoms with E-state index >= 15 is 0 Å². The second-order valence-electron chi connectivity index (χ2n) is 5.96. The number of hydrogen-bond acceptors (Lipinski definition) is 6. The summed E-state index contributed by atoms with van der Waals surface area (Å²) in [6.45, 7) is -2.69. The third-order valence-electron chi connectivity index (χ3n) is 3.86. The van der Waals surface area contributed by atoms with Gasteiger partial charge in [0.15, 0.2) is 6.61 Å². The van der Waals surface area contributed by atoms with Crippen LogP contribution in [0.3, 0.4) is 0 Å². The minimum atomic E-state index is -6.63. The normalized spacial score (nSPS) is 18.3. The Labute approximate surface area is 165 Å². The lowest BCUT2D eigenvalue weighted by molar-refractivity contribution is -0.502. The number of carbonyl (C=O) groups is 1. The van der Waals surface area contributed by atoms with Crippen LogP contribution in [0.1, 0.15) is 15.9 Å². The molecule has 174 valence electrons. The molecule has 6 nitrogen and oxygen atoms in total. The van der Waals surface area contributed by atoms with Gasteiger partial charge in [0, 0.05) is 12.7 Å². The predicted octanol–water partition coefficient (Wildman–Crippen LogP) is 5.15. The van der Waals surface area contributed by atoms with Gasteiger partial charge in [-0.25, -0.2) is 4.79 Å². The van der Waals surface area contributed by atoms with E-state index in [1.165, 1.54) is 6.07 Å². The SMILES string of the molecule is COC(F)(C(F)(F)F)C(F)(F)OC(F)(COC(=O)c1ccc2c(c1)CN=N2)C(F)(F)F. The van der Waals surface area contributed by atoms with Crippen LogP contribution >= 0.6 is 0 Å². The van der Waals surface area contributed by atoms with E-state index in [4.69, 9.17) is 0 Å². The molecular formula is C15H10F10N2O4. The Morgan fingerprint density at radius 3 is 2.13 bits per heavy atom. The predicted molar refractivity (Wildman–Crippen MR) is 77.8 cm³/mol. The maximum absolute atomic E-state index is 14.2. The summed E-state index contributed by atoms with van der Waals surface area (Å²) in [4.78, 5) is 11.9. The number of carbonyl (C=O) groups excluding carboxylic acids is 1. The van der Waals surface area contributed by atoms with Gasteiger partial charge in [0.25, 0.3) is 0 Å². The van der Waals surface area contributed by atoms with E-state index in [1.807, 2.05) is 0 Å². The average Bonchev–Trinajstić information content (AvgIpc) is 3.10. The topological polar surface area (TPSA) is 69.5 Å². The molecule has 0 saturated heterocycles. The average molecular weight is 472 g/mol. The fourth-order valence-electron chi connectivity index (χ4n) is 2.20. The maximum atomic E-state index is 14.2. The standard InChI is InChI=1S/C15H10F10N2O4/c1-29-12(17,14(21,22)23)15(24,25)31-11(16,13(18,19)20)6-30-10(28)7-2-3-9-8(4-7)5-26-27-9/h2-4H,5-6H2,1H3. The largest absolute Gasteiger partial charge is 0.457 e. The van der Waals surface area contributed by atoms with Crippen molar-refractivity contribution in [3.05, 3.63) is 29.3 Å². The van der Waals surface area contributed by atoms with Crippen LogP contribution in [0.4, 0.5) is 49.6 Å². The smallest absolute Gasteiger partial charge is 0.456 e. The molecule has 1 heterocycles. The van der Waals surface area contributed by atoms with E-state index in [-0.39, 0.29) is 13.7 Å². The Hall–Kier alpha value is -2.49. The fraction of sp³-hybridized carbons (Fsp3) is 0.533. The molecule has 0 amide bonds. The maximum Gasteiger partial charge on any atom is 0.457 e. The number of nitrogens with zero attached hydrogens (tertiary/aromatic N) is 2. The molecule has 1 aromatic carbocycles. The van der Waals surface area contributed by atoms with Gasteiger partial charge in [0.05, 0.1) is 17.8 Å². The van der Waals surface area contributed by atoms with E-state index in [1.54, 1.807) is 0 Å². The van der Waals surface area contributed by atoms with Crippen molar-refractivity contribution in [1.29, 1.82) is 0 Å². The third kappa shape index (κ3) is 4.58. The van der Waals surface area contributed by atoms with Crippen molar-refractivity contribution >= 4 is 11.7 Å². The van der Waals surface area contributed by atoms with E-state index in [0.29, 0.717) is 11.3 Å². The quantitative estimate of drug-likeness (QED) is 0.407. The van der Waals surface area contributed by atoms with Crippen LogP contribution < -0.4 is 0 Å². The molecule has 0 N–H and O–H groups in total. The second kappa shape index (κ2) is 7.89. The number of fused-ring (bicyclic) bond motifs is 1. The van der Waals surface area contributed by atoms with Crippen LogP contribution in [0.2, 0.25) is 0 Å². The molecule has 0 fully saturated rings. The Balaban J connectivity index is 2.25. The fourth-order valence-corrected chi connectivity index (χ4v) is 2.20. The molecule has 0 bridgehead atoms. The summed E-state index contributed by atoms with van der Waals surface area (Å²) < 4.78 is 141. The number of esters is 1. The van der Waals surface area contributed by atoms with Crippen LogP contribution in [-0.4, -0.2) is 49.9 Å². The zero-order valence-electron chi connectivity index (χ0n) is 15.0. The molecule has 1 aromatic rings. The van der Waals surface area contributed by atoms with Crippen molar-refractivity contribution in [3.63, 3.8) is 0 Å². The lowest BCUT2D eigenvalue weighted by atomic mass is 10.1. The zero-order chi connectivity index (χ0) is 23.9. The van der Waals surface area contributed by atoms with Gasteiger partial charge < -0.3 is 9.47 Å². The first-order valence-electron chi connectivity index (χ1n) is 7.79. The number of rotatable bonds is 7. The molecule has 0 saturated carbocycles. The number of azo groups is 1. The summed E-state index contributed by atoms with van der Waals surface area (Å²) in [6.07, 6.45) is -19.7. The zero-order valence-corrected chi connectivity index (χ0v) is 15.0. The Kier molecular flexibility index (Phi) is 6.30. The van der Waals surface area contributed by atoms with Gasteiger partial charge in [0.1, 0.15) is 0 Å². The molecule has 0 aliphatic carbocycles. The summed E-state index contributed by atoms with van der Waals surface area (Å²) in [5.74, 6) is -13.6. The van der Waals surface area contributed by atoms with Gasteiger partial charge in [-0.2, -0.15) is 54.1 Å². The Morgan fingerprint density at radius 2 is 1.61 bits per heavy atom. The molecule has 0 radical (unpaired) electrons. The summed E-state index contributed by atoms with van der Waals surface area (Å²) in [6, 6.07) is 3.20. The van der Waals surface area contributed by atoms with Crippen LogP contribution in [0, 0.1) is 0 Å². The number of methoxy groups -OCH3 is 1. The van der Waals surface area contributed by atoms with Crippen molar-refractivity contribution in [3.8, 4) is 0 Å². The summed E-state index contributed by atoms with van der Waals surface area (Å²) >= 11 is 0. The van der Waals surface area contributed by atoms with E-state index in [0.717, 1.165) is 12.1 Å². The van der Waals surface area contributed by atoms with Crippen LogP contribution in [-0.2, 0) is 20.8 Å². The van der Waals surface area contributed by atoms with E-state index in [2.05, 4.69) is 24.4 Å². The molecule has 0 spiro atoms. The lowest BCUT2D eigenvalue weighted by Gasteiger charge is -2.37. The first-order chi connectivity index (χ1) is 14.0. The van der Waals surface area contributed by atoms with Crippen LogP contribution in [0.25, 0.3) is 0 Å². The van der Waals surface area contributed by atoms with E-state index in [9.17, 15) is 48.7 Å². The molecular weight excluding hydrogens is 462 g/mol. The van der Waals surface area contributed by atoms with Crippen molar-refractivity contribution in [2.75, 3.05) is 13.7 Å². The minimum absolute atomic E-state index is 0.00553. The molecule has 0 aromatic heterocycles. The van der Waals surface area contributed by atoms with Crippen molar-refractivity contribution < 1.29 is 62.9 Å². The molecule has 1 aliphatic heterocycles. The lowest BCUT2D eigenvalue weighted by Crippen LogP contribution is -2.63. The summed E-state index contributed by atoms with van der Waals surface area (Å²) in [5.41, 5.74) is 0.155. The van der Waals surface area contributed by atoms with E-state index < -0.39 is 48.3 Å². The molecule has 16 heteroatoms. The van der Waals surface area contributed by atoms with Gasteiger partial charge in [-0.05, 0) is 18.2 Å². The van der Waals surface area contributed by atoms with Gasteiger partial charge in [0.2, 0.25) is 0 Å². The number of alkyl halides is 10.